The Balaban J connectivity index is 2.42. The molecular weight excluding hydrogens is 542 g/mol. The number of sulfonamides is 1. The Morgan fingerprint density at radius 3 is 2.29 bits per heavy atom. The first kappa shape index (κ1) is 28.1. The molecule has 2 rings (SSSR count). The monoisotopic (exact) mass is 571 g/mol. The molecule has 0 aliphatic heterocycles. The summed E-state index contributed by atoms with van der Waals surface area (Å²) in [5.41, 5.74) is 1.79. The van der Waals surface area contributed by atoms with Gasteiger partial charge >= 0.3 is 0 Å². The molecule has 186 valence electrons. The first-order chi connectivity index (χ1) is 15.8. The summed E-state index contributed by atoms with van der Waals surface area (Å²) in [5, 5.41) is 3.26. The quantitative estimate of drug-likeness (QED) is 0.454. The summed E-state index contributed by atoms with van der Waals surface area (Å²) in [6.07, 6.45) is 1.79. The van der Waals surface area contributed by atoms with Crippen molar-refractivity contribution in [2.45, 2.75) is 52.7 Å². The highest BCUT2D eigenvalue weighted by Gasteiger charge is 2.31. The molecule has 0 unspecified atom stereocenters. The zero-order valence-corrected chi connectivity index (χ0v) is 23.2. The van der Waals surface area contributed by atoms with E-state index in [1.54, 1.807) is 26.0 Å². The molecule has 34 heavy (non-hydrogen) atoms. The summed E-state index contributed by atoms with van der Waals surface area (Å²) in [5.74, 6) is -0.802. The van der Waals surface area contributed by atoms with E-state index in [0.29, 0.717) is 16.3 Å². The van der Waals surface area contributed by atoms with Crippen LogP contribution < -0.4 is 9.62 Å². The number of carbonyl (C=O) groups excluding carboxylic acids is 2. The molecule has 0 aromatic heterocycles. The van der Waals surface area contributed by atoms with Crippen LogP contribution in [0.4, 0.5) is 5.69 Å². The van der Waals surface area contributed by atoms with E-state index in [1.807, 2.05) is 38.1 Å². The number of hydrogen-bond acceptors (Lipinski definition) is 4. The van der Waals surface area contributed by atoms with Gasteiger partial charge < -0.3 is 10.2 Å². The maximum Gasteiger partial charge on any atom is 0.244 e. The van der Waals surface area contributed by atoms with E-state index in [4.69, 9.17) is 11.6 Å². The molecule has 0 saturated heterocycles. The van der Waals surface area contributed by atoms with Crippen LogP contribution in [0.15, 0.2) is 46.9 Å². The summed E-state index contributed by atoms with van der Waals surface area (Å²) >= 11 is 9.50. The van der Waals surface area contributed by atoms with Gasteiger partial charge in [-0.25, -0.2) is 8.42 Å². The third-order valence-corrected chi connectivity index (χ3v) is 7.44. The molecule has 2 amide bonds. The lowest BCUT2D eigenvalue weighted by atomic mass is 10.1. The maximum absolute atomic E-state index is 13.5. The van der Waals surface area contributed by atoms with Gasteiger partial charge in [-0.1, -0.05) is 52.7 Å². The van der Waals surface area contributed by atoms with Crippen molar-refractivity contribution in [3.05, 3.63) is 63.1 Å². The minimum atomic E-state index is -3.81. The van der Waals surface area contributed by atoms with Crippen LogP contribution in [-0.4, -0.2) is 50.0 Å². The Bertz CT molecular complexity index is 1130. The molecule has 7 nitrogen and oxygen atoms in total. The lowest BCUT2D eigenvalue weighted by molar-refractivity contribution is -0.139. The zero-order valence-electron chi connectivity index (χ0n) is 20.0. The molecule has 0 spiro atoms. The topological polar surface area (TPSA) is 86.8 Å². The minimum absolute atomic E-state index is 0.0544. The molecular formula is C24H31BrClN3O4S. The first-order valence-corrected chi connectivity index (χ1v) is 13.9. The Morgan fingerprint density at radius 2 is 1.74 bits per heavy atom. The van der Waals surface area contributed by atoms with Crippen LogP contribution >= 0.6 is 27.5 Å². The fourth-order valence-electron chi connectivity index (χ4n) is 3.28. The normalized spacial score (nSPS) is 13.1. The van der Waals surface area contributed by atoms with E-state index in [9.17, 15) is 18.0 Å². The maximum atomic E-state index is 13.5. The van der Waals surface area contributed by atoms with Gasteiger partial charge in [0.25, 0.3) is 0 Å². The van der Waals surface area contributed by atoms with Crippen LogP contribution in [0.1, 0.15) is 38.3 Å². The minimum Gasteiger partial charge on any atom is -0.352 e. The van der Waals surface area contributed by atoms with Gasteiger partial charge in [0.1, 0.15) is 12.6 Å². The van der Waals surface area contributed by atoms with Crippen molar-refractivity contribution in [3.8, 4) is 0 Å². The molecule has 0 heterocycles. The highest BCUT2D eigenvalue weighted by molar-refractivity contribution is 9.10. The SMILES string of the molecule is CC[C@H](C)NC(=O)[C@@H](C)N(Cc1ccc(Br)cc1)C(=O)CN(c1cc(Cl)ccc1C)S(C)(=O)=O. The predicted octanol–water partition coefficient (Wildman–Crippen LogP) is 4.51. The number of halogens is 2. The number of hydrogen-bond donors (Lipinski definition) is 1. The smallest absolute Gasteiger partial charge is 0.244 e. The number of rotatable bonds is 10. The van der Waals surface area contributed by atoms with Gasteiger partial charge in [-0.3, -0.25) is 13.9 Å². The van der Waals surface area contributed by atoms with E-state index < -0.39 is 28.5 Å². The molecule has 0 fully saturated rings. The summed E-state index contributed by atoms with van der Waals surface area (Å²) < 4.78 is 27.2. The predicted molar refractivity (Wildman–Crippen MR) is 140 cm³/mol. The molecule has 0 aliphatic carbocycles. The highest BCUT2D eigenvalue weighted by Crippen LogP contribution is 2.27. The van der Waals surface area contributed by atoms with Gasteiger partial charge in [0.05, 0.1) is 11.9 Å². The number of nitrogens with zero attached hydrogens (tertiary/aromatic N) is 2. The van der Waals surface area contributed by atoms with Crippen LogP contribution in [0, 0.1) is 6.92 Å². The number of amides is 2. The highest BCUT2D eigenvalue weighted by atomic mass is 79.9. The van der Waals surface area contributed by atoms with Crippen molar-refractivity contribution >= 4 is 55.1 Å². The van der Waals surface area contributed by atoms with Gasteiger partial charge in [-0.05, 0) is 62.6 Å². The van der Waals surface area contributed by atoms with Gasteiger partial charge in [0.15, 0.2) is 0 Å². The lowest BCUT2D eigenvalue weighted by Crippen LogP contribution is -2.52. The second-order valence-electron chi connectivity index (χ2n) is 8.34. The van der Waals surface area contributed by atoms with E-state index >= 15 is 0 Å². The number of aryl methyl sites for hydroxylation is 1. The summed E-state index contributed by atoms with van der Waals surface area (Å²) in [6, 6.07) is 11.4. The third-order valence-electron chi connectivity index (χ3n) is 5.55. The van der Waals surface area contributed by atoms with Crippen molar-refractivity contribution in [2.24, 2.45) is 0 Å². The molecule has 0 aliphatic rings. The van der Waals surface area contributed by atoms with E-state index in [-0.39, 0.29) is 18.5 Å². The Labute approximate surface area is 215 Å². The summed E-state index contributed by atoms with van der Waals surface area (Å²) in [7, 11) is -3.81. The van der Waals surface area contributed by atoms with Gasteiger partial charge in [-0.2, -0.15) is 0 Å². The fourth-order valence-corrected chi connectivity index (χ4v) is 4.61. The molecule has 2 aromatic carbocycles. The largest absolute Gasteiger partial charge is 0.352 e. The molecule has 0 radical (unpaired) electrons. The van der Waals surface area contributed by atoms with Crippen molar-refractivity contribution in [2.75, 3.05) is 17.1 Å². The third kappa shape index (κ3) is 7.71. The molecule has 1 N–H and O–H groups in total. The van der Waals surface area contributed by atoms with Crippen molar-refractivity contribution in [1.29, 1.82) is 0 Å². The Kier molecular flexibility index (Phi) is 9.96. The zero-order chi connectivity index (χ0) is 25.6. The average Bonchev–Trinajstić information content (AvgIpc) is 2.77. The molecule has 0 saturated carbocycles. The fraction of sp³-hybridized carbons (Fsp3) is 0.417. The van der Waals surface area contributed by atoms with Gasteiger partial charge in [-0.15, -0.1) is 0 Å². The number of nitrogens with one attached hydrogen (secondary N) is 1. The van der Waals surface area contributed by atoms with Crippen LogP contribution in [0.2, 0.25) is 5.02 Å². The number of benzene rings is 2. The molecule has 2 aromatic rings. The van der Waals surface area contributed by atoms with E-state index in [1.165, 1.54) is 11.0 Å². The Hall–Kier alpha value is -2.10. The molecule has 10 heteroatoms. The van der Waals surface area contributed by atoms with Crippen molar-refractivity contribution in [3.63, 3.8) is 0 Å². The van der Waals surface area contributed by atoms with Crippen LogP contribution in [0.5, 0.6) is 0 Å². The van der Waals surface area contributed by atoms with Crippen molar-refractivity contribution in [1.82, 2.24) is 10.2 Å². The number of anilines is 1. The van der Waals surface area contributed by atoms with Crippen LogP contribution in [0.3, 0.4) is 0 Å². The molecule has 0 bridgehead atoms. The summed E-state index contributed by atoms with van der Waals surface area (Å²) in [6.45, 7) is 6.92. The molecule has 2 atom stereocenters. The van der Waals surface area contributed by atoms with E-state index in [2.05, 4.69) is 21.2 Å². The van der Waals surface area contributed by atoms with Crippen LogP contribution in [-0.2, 0) is 26.2 Å². The lowest BCUT2D eigenvalue weighted by Gasteiger charge is -2.32. The Morgan fingerprint density at radius 1 is 1.12 bits per heavy atom. The average molecular weight is 573 g/mol. The first-order valence-electron chi connectivity index (χ1n) is 10.9. The second-order valence-corrected chi connectivity index (χ2v) is 11.6. The summed E-state index contributed by atoms with van der Waals surface area (Å²) in [4.78, 5) is 27.8. The van der Waals surface area contributed by atoms with E-state index in [0.717, 1.165) is 27.0 Å². The standard InChI is InChI=1S/C24H31BrClN3O4S/c1-6-17(3)27-24(31)18(4)28(14-19-8-10-20(25)11-9-19)23(30)15-29(34(5,32)33)22-13-21(26)12-7-16(22)2/h7-13,17-18H,6,14-15H2,1-5H3,(H,27,31)/t17-,18+/m0/s1. The van der Waals surface area contributed by atoms with Gasteiger partial charge in [0, 0.05) is 22.1 Å². The number of carbonyl (C=O) groups is 2. The second kappa shape index (κ2) is 12.0. The van der Waals surface area contributed by atoms with Crippen LogP contribution in [0.25, 0.3) is 0 Å². The van der Waals surface area contributed by atoms with Crippen molar-refractivity contribution < 1.29 is 18.0 Å². The van der Waals surface area contributed by atoms with Gasteiger partial charge in [0.2, 0.25) is 21.8 Å².